The largest absolute Gasteiger partial charge is 0.385 e. The Kier molecular flexibility index (Phi) is 6.20. The maximum absolute atomic E-state index is 12.0. The molecule has 0 radical (unpaired) electrons. The first-order valence-corrected chi connectivity index (χ1v) is 9.85. The summed E-state index contributed by atoms with van der Waals surface area (Å²) in [4.78, 5) is 25.6. The molecule has 3 rings (SSSR count). The molecule has 1 heterocycles. The molecule has 0 aromatic heterocycles. The number of nitrogens with one attached hydrogen (secondary N) is 2. The Morgan fingerprint density at radius 2 is 1.60 bits per heavy atom. The highest BCUT2D eigenvalue weighted by Crippen LogP contribution is 2.30. The number of hydrogen-bond acceptors (Lipinski definition) is 5. The van der Waals surface area contributed by atoms with E-state index in [2.05, 4.69) is 40.7 Å². The SMILES string of the molecule is CC(c1ccc(-c2ccc(C(O)C3(C)NC(=O)NC3=O)cc2)cc1)N(C)CCC#N. The van der Waals surface area contributed by atoms with Gasteiger partial charge in [-0.2, -0.15) is 5.26 Å². The van der Waals surface area contributed by atoms with Crippen molar-refractivity contribution in [3.05, 3.63) is 59.7 Å². The summed E-state index contributed by atoms with van der Waals surface area (Å²) in [6.07, 6.45) is -0.660. The van der Waals surface area contributed by atoms with Gasteiger partial charge in [0.2, 0.25) is 0 Å². The van der Waals surface area contributed by atoms with E-state index in [-0.39, 0.29) is 6.04 Å². The van der Waals surface area contributed by atoms with E-state index < -0.39 is 23.6 Å². The Hall–Kier alpha value is -3.21. The van der Waals surface area contributed by atoms with Gasteiger partial charge < -0.3 is 10.4 Å². The van der Waals surface area contributed by atoms with Crippen LogP contribution in [0, 0.1) is 11.3 Å². The zero-order valence-corrected chi connectivity index (χ0v) is 17.3. The first kappa shape index (κ1) is 21.5. The molecule has 0 saturated carbocycles. The molecule has 1 aliphatic heterocycles. The van der Waals surface area contributed by atoms with Crippen LogP contribution in [0.1, 0.15) is 43.5 Å². The highest BCUT2D eigenvalue weighted by Gasteiger charge is 2.48. The minimum Gasteiger partial charge on any atom is -0.385 e. The summed E-state index contributed by atoms with van der Waals surface area (Å²) in [6.45, 7) is 4.33. The van der Waals surface area contributed by atoms with Crippen LogP contribution in [0.4, 0.5) is 4.79 Å². The number of imide groups is 1. The molecule has 0 spiro atoms. The number of carbonyl (C=O) groups is 2. The van der Waals surface area contributed by atoms with Gasteiger partial charge in [0.1, 0.15) is 11.6 Å². The monoisotopic (exact) mass is 406 g/mol. The molecule has 3 amide bonds. The van der Waals surface area contributed by atoms with Gasteiger partial charge in [0.05, 0.1) is 6.07 Å². The van der Waals surface area contributed by atoms with Crippen molar-refractivity contribution in [1.82, 2.24) is 15.5 Å². The second-order valence-electron chi connectivity index (χ2n) is 7.82. The molecule has 7 nitrogen and oxygen atoms in total. The highest BCUT2D eigenvalue weighted by atomic mass is 16.3. The topological polar surface area (TPSA) is 105 Å². The minimum atomic E-state index is -1.39. The third-order valence-electron chi connectivity index (χ3n) is 5.81. The van der Waals surface area contributed by atoms with Crippen LogP contribution in [0.25, 0.3) is 11.1 Å². The number of hydrogen-bond donors (Lipinski definition) is 3. The molecular weight excluding hydrogens is 380 g/mol. The van der Waals surface area contributed by atoms with Crippen molar-refractivity contribution in [3.63, 3.8) is 0 Å². The van der Waals surface area contributed by atoms with Gasteiger partial charge in [0, 0.05) is 19.0 Å². The quantitative estimate of drug-likeness (QED) is 0.613. The van der Waals surface area contributed by atoms with Crippen LogP contribution in [-0.4, -0.2) is 41.1 Å². The maximum atomic E-state index is 12.0. The molecule has 3 N–H and O–H groups in total. The third-order valence-corrected chi connectivity index (χ3v) is 5.81. The number of urea groups is 1. The van der Waals surface area contributed by atoms with Gasteiger partial charge in [-0.05, 0) is 43.1 Å². The molecule has 3 unspecified atom stereocenters. The standard InChI is InChI=1S/C23H26N4O3/c1-15(27(3)14-4-13-24)16-5-7-17(8-6-16)18-9-11-19(12-10-18)20(28)23(2)21(29)25-22(30)26-23/h5-12,15,20,28H,4,14H2,1-3H3,(H2,25,26,29,30). The van der Waals surface area contributed by atoms with E-state index in [1.54, 1.807) is 12.1 Å². The fourth-order valence-electron chi connectivity index (χ4n) is 3.57. The van der Waals surface area contributed by atoms with Crippen molar-refractivity contribution in [3.8, 4) is 17.2 Å². The molecule has 2 aromatic rings. The lowest BCUT2D eigenvalue weighted by Gasteiger charge is -2.27. The van der Waals surface area contributed by atoms with E-state index in [9.17, 15) is 14.7 Å². The number of nitrogens with zero attached hydrogens (tertiary/aromatic N) is 2. The number of benzene rings is 2. The number of nitriles is 1. The molecule has 1 saturated heterocycles. The Bertz CT molecular complexity index is 965. The summed E-state index contributed by atoms with van der Waals surface area (Å²) < 4.78 is 0. The second-order valence-corrected chi connectivity index (χ2v) is 7.82. The van der Waals surface area contributed by atoms with Gasteiger partial charge in [-0.3, -0.25) is 15.0 Å². The summed E-state index contributed by atoms with van der Waals surface area (Å²) in [5, 5.41) is 24.0. The summed E-state index contributed by atoms with van der Waals surface area (Å²) in [5.41, 5.74) is 2.33. The van der Waals surface area contributed by atoms with Crippen molar-refractivity contribution in [2.75, 3.05) is 13.6 Å². The van der Waals surface area contributed by atoms with Crippen LogP contribution in [0.5, 0.6) is 0 Å². The molecule has 30 heavy (non-hydrogen) atoms. The van der Waals surface area contributed by atoms with Crippen LogP contribution in [0.2, 0.25) is 0 Å². The Morgan fingerprint density at radius 1 is 1.07 bits per heavy atom. The molecule has 0 bridgehead atoms. The lowest BCUT2D eigenvalue weighted by atomic mass is 9.88. The summed E-state index contributed by atoms with van der Waals surface area (Å²) >= 11 is 0. The van der Waals surface area contributed by atoms with Gasteiger partial charge in [-0.25, -0.2) is 4.79 Å². The maximum Gasteiger partial charge on any atom is 0.322 e. The van der Waals surface area contributed by atoms with Crippen LogP contribution in [-0.2, 0) is 4.79 Å². The smallest absolute Gasteiger partial charge is 0.322 e. The fraction of sp³-hybridized carbons (Fsp3) is 0.348. The van der Waals surface area contributed by atoms with Gasteiger partial charge in [0.15, 0.2) is 0 Å². The number of aliphatic hydroxyl groups is 1. The highest BCUT2D eigenvalue weighted by molar-refractivity contribution is 6.07. The molecule has 0 aliphatic carbocycles. The predicted octanol–water partition coefficient (Wildman–Crippen LogP) is 2.89. The Balaban J connectivity index is 1.73. The predicted molar refractivity (Wildman–Crippen MR) is 113 cm³/mol. The van der Waals surface area contributed by atoms with E-state index in [1.165, 1.54) is 12.5 Å². The van der Waals surface area contributed by atoms with Crippen molar-refractivity contribution in [1.29, 1.82) is 5.26 Å². The molecule has 1 aliphatic rings. The van der Waals surface area contributed by atoms with E-state index in [4.69, 9.17) is 5.26 Å². The summed E-state index contributed by atoms with van der Waals surface area (Å²) in [5.74, 6) is -0.548. The van der Waals surface area contributed by atoms with Crippen LogP contribution < -0.4 is 10.6 Å². The van der Waals surface area contributed by atoms with Gasteiger partial charge in [-0.1, -0.05) is 48.5 Å². The first-order valence-electron chi connectivity index (χ1n) is 9.85. The second kappa shape index (κ2) is 8.66. The average Bonchev–Trinajstić information content (AvgIpc) is 3.03. The third kappa shape index (κ3) is 4.20. The number of aliphatic hydroxyl groups excluding tert-OH is 1. The van der Waals surface area contributed by atoms with Crippen molar-refractivity contribution in [2.45, 2.75) is 38.0 Å². The Morgan fingerprint density at radius 3 is 2.07 bits per heavy atom. The first-order chi connectivity index (χ1) is 14.3. The fourth-order valence-corrected chi connectivity index (χ4v) is 3.57. The normalized spacial score (nSPS) is 20.4. The zero-order valence-electron chi connectivity index (χ0n) is 17.3. The van der Waals surface area contributed by atoms with E-state index in [0.717, 1.165) is 17.7 Å². The van der Waals surface area contributed by atoms with Gasteiger partial charge in [-0.15, -0.1) is 0 Å². The summed E-state index contributed by atoms with van der Waals surface area (Å²) in [6, 6.07) is 17.3. The van der Waals surface area contributed by atoms with E-state index in [1.807, 2.05) is 31.3 Å². The van der Waals surface area contributed by atoms with Crippen LogP contribution in [0.3, 0.4) is 0 Å². The molecule has 3 atom stereocenters. The van der Waals surface area contributed by atoms with Crippen molar-refractivity contribution < 1.29 is 14.7 Å². The minimum absolute atomic E-state index is 0.207. The average molecular weight is 406 g/mol. The Labute approximate surface area is 176 Å². The number of amides is 3. The lowest BCUT2D eigenvalue weighted by Crippen LogP contribution is -2.49. The molecular formula is C23H26N4O3. The molecule has 7 heteroatoms. The van der Waals surface area contributed by atoms with Crippen molar-refractivity contribution in [2.24, 2.45) is 0 Å². The van der Waals surface area contributed by atoms with Gasteiger partial charge in [0.25, 0.3) is 5.91 Å². The number of rotatable bonds is 7. The molecule has 1 fully saturated rings. The summed E-state index contributed by atoms with van der Waals surface area (Å²) in [7, 11) is 2.01. The van der Waals surface area contributed by atoms with E-state index >= 15 is 0 Å². The van der Waals surface area contributed by atoms with Crippen LogP contribution in [0.15, 0.2) is 48.5 Å². The van der Waals surface area contributed by atoms with Crippen LogP contribution >= 0.6 is 0 Å². The molecule has 2 aromatic carbocycles. The van der Waals surface area contributed by atoms with Crippen molar-refractivity contribution >= 4 is 11.9 Å². The van der Waals surface area contributed by atoms with Gasteiger partial charge >= 0.3 is 6.03 Å². The lowest BCUT2D eigenvalue weighted by molar-refractivity contribution is -0.127. The zero-order chi connectivity index (χ0) is 21.9. The number of carbonyl (C=O) groups excluding carboxylic acids is 2. The van der Waals surface area contributed by atoms with E-state index in [0.29, 0.717) is 12.0 Å². The molecule has 156 valence electrons.